The Bertz CT molecular complexity index is 1360. The van der Waals surface area contributed by atoms with Crippen LogP contribution in [0.5, 0.6) is 0 Å². The summed E-state index contributed by atoms with van der Waals surface area (Å²) >= 11 is 5.82. The van der Waals surface area contributed by atoms with Gasteiger partial charge in [0.1, 0.15) is 0 Å². The topological polar surface area (TPSA) is 199 Å². The van der Waals surface area contributed by atoms with Crippen LogP contribution in [-0.4, -0.2) is 80.0 Å². The van der Waals surface area contributed by atoms with Gasteiger partial charge in [-0.2, -0.15) is 4.31 Å². The molecule has 39 heavy (non-hydrogen) atoms. The van der Waals surface area contributed by atoms with Crippen molar-refractivity contribution in [3.05, 3.63) is 58.6 Å². The van der Waals surface area contributed by atoms with Gasteiger partial charge in [-0.05, 0) is 42.5 Å². The quantitative estimate of drug-likeness (QED) is 0.334. The minimum Gasteiger partial charge on any atom is -0.456 e. The fourth-order valence-corrected chi connectivity index (χ4v) is 5.25. The smallest absolute Gasteiger partial charge is 0.306 e. The highest BCUT2D eigenvalue weighted by molar-refractivity contribution is 7.89. The number of hydrogen-bond acceptors (Lipinski definition) is 8. The van der Waals surface area contributed by atoms with Gasteiger partial charge in [0.2, 0.25) is 27.7 Å². The molecule has 0 radical (unpaired) electrons. The molecule has 0 atom stereocenters. The molecular formula is C24H26ClN5O8S. The number of nitrogens with zero attached hydrogens (tertiary/aromatic N) is 2. The molecule has 1 saturated heterocycles. The second-order valence-corrected chi connectivity index (χ2v) is 10.8. The van der Waals surface area contributed by atoms with Crippen LogP contribution in [0.3, 0.4) is 0 Å². The van der Waals surface area contributed by atoms with Crippen molar-refractivity contribution >= 4 is 56.9 Å². The lowest BCUT2D eigenvalue weighted by molar-refractivity contribution is -0.149. The number of amides is 4. The van der Waals surface area contributed by atoms with Gasteiger partial charge in [0.05, 0.1) is 11.3 Å². The predicted molar refractivity (Wildman–Crippen MR) is 139 cm³/mol. The number of benzene rings is 2. The van der Waals surface area contributed by atoms with Gasteiger partial charge in [-0.1, -0.05) is 11.6 Å². The molecule has 0 bridgehead atoms. The van der Waals surface area contributed by atoms with Gasteiger partial charge in [-0.15, -0.1) is 0 Å². The Labute approximate surface area is 229 Å². The molecule has 2 aromatic carbocycles. The fraction of sp³-hybridized carbons (Fsp3) is 0.292. The summed E-state index contributed by atoms with van der Waals surface area (Å²) in [5.74, 6) is -3.60. The number of carbonyl (C=O) groups excluding carboxylic acids is 5. The lowest BCUT2D eigenvalue weighted by atomic mass is 10.1. The number of rotatable bonds is 10. The molecule has 5 N–H and O–H groups in total. The molecule has 208 valence electrons. The minimum absolute atomic E-state index is 0.0496. The van der Waals surface area contributed by atoms with Crippen LogP contribution in [0.15, 0.2) is 47.4 Å². The average Bonchev–Trinajstić information content (AvgIpc) is 2.90. The first-order valence-corrected chi connectivity index (χ1v) is 13.4. The SMILES string of the molecule is NC(=O)c1cc(NC(=O)COC(=O)CCC(=O)N2CCN(S(=O)(=O)c3ccc(Cl)cc3)CC2)cc(C(N)=O)c1. The number of hydrogen-bond donors (Lipinski definition) is 3. The summed E-state index contributed by atoms with van der Waals surface area (Å²) < 4.78 is 31.7. The van der Waals surface area contributed by atoms with E-state index in [-0.39, 0.29) is 66.6 Å². The number of esters is 1. The van der Waals surface area contributed by atoms with Crippen molar-refractivity contribution in [2.75, 3.05) is 38.1 Å². The third-order valence-corrected chi connectivity index (χ3v) is 7.90. The van der Waals surface area contributed by atoms with Crippen LogP contribution in [0.4, 0.5) is 5.69 Å². The third kappa shape index (κ3) is 7.99. The predicted octanol–water partition coefficient (Wildman–Crippen LogP) is 0.333. The highest BCUT2D eigenvalue weighted by Crippen LogP contribution is 2.20. The van der Waals surface area contributed by atoms with Crippen LogP contribution in [0, 0.1) is 0 Å². The lowest BCUT2D eigenvalue weighted by Gasteiger charge is -2.34. The maximum absolute atomic E-state index is 12.8. The van der Waals surface area contributed by atoms with E-state index in [1.807, 2.05) is 0 Å². The molecule has 1 aliphatic heterocycles. The summed E-state index contributed by atoms with van der Waals surface area (Å²) in [4.78, 5) is 61.1. The maximum Gasteiger partial charge on any atom is 0.306 e. The summed E-state index contributed by atoms with van der Waals surface area (Å²) in [6, 6.07) is 9.43. The standard InChI is InChI=1S/C24H26ClN5O8S/c25-17-1-3-19(4-2-17)39(36,37)30-9-7-29(8-10-30)21(32)5-6-22(33)38-14-20(31)28-18-12-15(23(26)34)11-16(13-18)24(27)35/h1-4,11-13H,5-10,14H2,(H2,26,34)(H2,27,35)(H,28,31). The Morgan fingerprint density at radius 2 is 1.44 bits per heavy atom. The van der Waals surface area contributed by atoms with E-state index in [4.69, 9.17) is 27.8 Å². The fourth-order valence-electron chi connectivity index (χ4n) is 3.70. The van der Waals surface area contributed by atoms with E-state index in [2.05, 4.69) is 5.32 Å². The number of sulfonamides is 1. The summed E-state index contributed by atoms with van der Waals surface area (Å²) in [6.07, 6.45) is -0.481. The Hall–Kier alpha value is -4.01. The third-order valence-electron chi connectivity index (χ3n) is 5.74. The van der Waals surface area contributed by atoms with Crippen molar-refractivity contribution in [3.8, 4) is 0 Å². The number of nitrogens with one attached hydrogen (secondary N) is 1. The minimum atomic E-state index is -3.73. The summed E-state index contributed by atoms with van der Waals surface area (Å²) in [6.45, 7) is -0.187. The molecule has 0 saturated carbocycles. The molecule has 4 amide bonds. The Morgan fingerprint density at radius 1 is 0.872 bits per heavy atom. The van der Waals surface area contributed by atoms with Gasteiger partial charge >= 0.3 is 5.97 Å². The van der Waals surface area contributed by atoms with Gasteiger partial charge in [0.15, 0.2) is 6.61 Å². The monoisotopic (exact) mass is 579 g/mol. The Kier molecular flexibility index (Phi) is 9.61. The van der Waals surface area contributed by atoms with Gasteiger partial charge in [0.25, 0.3) is 5.91 Å². The van der Waals surface area contributed by atoms with Crippen molar-refractivity contribution in [3.63, 3.8) is 0 Å². The van der Waals surface area contributed by atoms with E-state index in [0.717, 1.165) is 0 Å². The van der Waals surface area contributed by atoms with Crippen molar-refractivity contribution in [2.45, 2.75) is 17.7 Å². The molecule has 1 heterocycles. The first-order chi connectivity index (χ1) is 18.4. The lowest BCUT2D eigenvalue weighted by Crippen LogP contribution is -2.50. The number of halogens is 1. The van der Waals surface area contributed by atoms with Crippen molar-refractivity contribution in [2.24, 2.45) is 11.5 Å². The van der Waals surface area contributed by atoms with Crippen LogP contribution >= 0.6 is 11.6 Å². The van der Waals surface area contributed by atoms with Gasteiger partial charge < -0.3 is 26.4 Å². The van der Waals surface area contributed by atoms with Crippen molar-refractivity contribution < 1.29 is 37.1 Å². The number of primary amides is 2. The summed E-state index contributed by atoms with van der Waals surface area (Å²) in [7, 11) is -3.73. The summed E-state index contributed by atoms with van der Waals surface area (Å²) in [5, 5.41) is 2.78. The Morgan fingerprint density at radius 3 is 1.97 bits per heavy atom. The van der Waals surface area contributed by atoms with E-state index in [9.17, 15) is 32.4 Å². The highest BCUT2D eigenvalue weighted by atomic mass is 35.5. The van der Waals surface area contributed by atoms with E-state index in [1.165, 1.54) is 51.7 Å². The number of ether oxygens (including phenoxy) is 1. The zero-order valence-electron chi connectivity index (χ0n) is 20.6. The maximum atomic E-state index is 12.8. The van der Waals surface area contributed by atoms with Gasteiger partial charge in [-0.3, -0.25) is 24.0 Å². The molecule has 1 fully saturated rings. The molecule has 2 aromatic rings. The van der Waals surface area contributed by atoms with E-state index >= 15 is 0 Å². The number of piperazine rings is 1. The molecule has 0 aliphatic carbocycles. The largest absolute Gasteiger partial charge is 0.456 e. The molecular weight excluding hydrogens is 554 g/mol. The van der Waals surface area contributed by atoms with Crippen LogP contribution in [0.25, 0.3) is 0 Å². The number of carbonyl (C=O) groups is 5. The summed E-state index contributed by atoms with van der Waals surface area (Å²) in [5.41, 5.74) is 10.4. The molecule has 0 unspecified atom stereocenters. The van der Waals surface area contributed by atoms with Crippen LogP contribution in [0.2, 0.25) is 5.02 Å². The van der Waals surface area contributed by atoms with Gasteiger partial charge in [-0.25, -0.2) is 8.42 Å². The number of anilines is 1. The zero-order valence-corrected chi connectivity index (χ0v) is 22.2. The molecule has 15 heteroatoms. The first-order valence-electron chi connectivity index (χ1n) is 11.6. The van der Waals surface area contributed by atoms with Crippen LogP contribution < -0.4 is 16.8 Å². The van der Waals surface area contributed by atoms with E-state index in [1.54, 1.807) is 0 Å². The second kappa shape index (κ2) is 12.7. The molecule has 3 rings (SSSR count). The molecule has 0 spiro atoms. The first kappa shape index (κ1) is 29.5. The van der Waals surface area contributed by atoms with Gasteiger partial charge in [0, 0.05) is 54.4 Å². The average molecular weight is 580 g/mol. The highest BCUT2D eigenvalue weighted by Gasteiger charge is 2.30. The Balaban J connectivity index is 1.43. The van der Waals surface area contributed by atoms with Crippen LogP contribution in [-0.2, 0) is 29.1 Å². The van der Waals surface area contributed by atoms with E-state index < -0.39 is 40.3 Å². The van der Waals surface area contributed by atoms with Crippen molar-refractivity contribution in [1.82, 2.24) is 9.21 Å². The normalized spacial score (nSPS) is 13.9. The zero-order chi connectivity index (χ0) is 28.7. The van der Waals surface area contributed by atoms with Crippen LogP contribution in [0.1, 0.15) is 33.6 Å². The van der Waals surface area contributed by atoms with Crippen molar-refractivity contribution in [1.29, 1.82) is 0 Å². The van der Waals surface area contributed by atoms with E-state index in [0.29, 0.717) is 5.02 Å². The molecule has 0 aromatic heterocycles. The molecule has 13 nitrogen and oxygen atoms in total. The second-order valence-electron chi connectivity index (χ2n) is 8.48. The number of nitrogens with two attached hydrogens (primary N) is 2. The molecule has 1 aliphatic rings.